The third-order valence-corrected chi connectivity index (χ3v) is 2.28. The van der Waals surface area contributed by atoms with Crippen molar-refractivity contribution in [2.45, 2.75) is 19.8 Å². The maximum atomic E-state index is 10.6. The predicted octanol–water partition coefficient (Wildman–Crippen LogP) is 3.04. The molecular formula is C11H13ClO2. The first-order valence-electron chi connectivity index (χ1n) is 4.56. The van der Waals surface area contributed by atoms with Crippen LogP contribution < -0.4 is 4.74 Å². The number of hydrogen-bond donors (Lipinski definition) is 0. The molecule has 1 rings (SSSR count). The summed E-state index contributed by atoms with van der Waals surface area (Å²) in [4.78, 5) is 10.6. The third kappa shape index (κ3) is 2.48. The fraction of sp³-hybridized carbons (Fsp3) is 0.364. The van der Waals surface area contributed by atoms with Crippen LogP contribution >= 0.6 is 11.6 Å². The first kappa shape index (κ1) is 11.1. The lowest BCUT2D eigenvalue weighted by Crippen LogP contribution is -1.96. The number of carbonyl (C=O) groups excluding carboxylic acids is 1. The van der Waals surface area contributed by atoms with Crippen molar-refractivity contribution in [3.8, 4) is 5.75 Å². The maximum absolute atomic E-state index is 10.6. The molecule has 0 aliphatic heterocycles. The highest BCUT2D eigenvalue weighted by Crippen LogP contribution is 2.27. The summed E-state index contributed by atoms with van der Waals surface area (Å²) >= 11 is 5.97. The standard InChI is InChI=1S/C11H13ClO2/c1-3-14-11-5-4-9(6-10(11)12)8(2)7-13/h4-8H,3H2,1-2H3. The van der Waals surface area contributed by atoms with Crippen LogP contribution in [0.4, 0.5) is 0 Å². The molecule has 1 atom stereocenters. The Hall–Kier alpha value is -1.02. The van der Waals surface area contributed by atoms with E-state index in [2.05, 4.69) is 0 Å². The van der Waals surface area contributed by atoms with Crippen molar-refractivity contribution in [3.63, 3.8) is 0 Å². The Kier molecular flexibility index (Phi) is 3.96. The SMILES string of the molecule is CCOc1ccc(C(C)C=O)cc1Cl. The molecule has 14 heavy (non-hydrogen) atoms. The number of hydrogen-bond acceptors (Lipinski definition) is 2. The van der Waals surface area contributed by atoms with Crippen LogP contribution in [0, 0.1) is 0 Å². The Morgan fingerprint density at radius 1 is 1.57 bits per heavy atom. The molecule has 0 aliphatic rings. The van der Waals surface area contributed by atoms with Crippen molar-refractivity contribution in [2.24, 2.45) is 0 Å². The molecule has 2 nitrogen and oxygen atoms in total. The van der Waals surface area contributed by atoms with Gasteiger partial charge in [0.25, 0.3) is 0 Å². The van der Waals surface area contributed by atoms with E-state index in [4.69, 9.17) is 16.3 Å². The van der Waals surface area contributed by atoms with Gasteiger partial charge in [-0.2, -0.15) is 0 Å². The van der Waals surface area contributed by atoms with Gasteiger partial charge in [-0.15, -0.1) is 0 Å². The van der Waals surface area contributed by atoms with Gasteiger partial charge in [-0.3, -0.25) is 0 Å². The second-order valence-electron chi connectivity index (χ2n) is 3.05. The minimum atomic E-state index is -0.122. The molecule has 1 aromatic carbocycles. The van der Waals surface area contributed by atoms with Crippen LogP contribution in [0.15, 0.2) is 18.2 Å². The van der Waals surface area contributed by atoms with Crippen molar-refractivity contribution in [1.82, 2.24) is 0 Å². The zero-order valence-electron chi connectivity index (χ0n) is 8.29. The summed E-state index contributed by atoms with van der Waals surface area (Å²) in [6.07, 6.45) is 0.895. The topological polar surface area (TPSA) is 26.3 Å². The minimum absolute atomic E-state index is 0.122. The molecule has 0 heterocycles. The molecule has 3 heteroatoms. The van der Waals surface area contributed by atoms with Gasteiger partial charge in [0.05, 0.1) is 11.6 Å². The van der Waals surface area contributed by atoms with Gasteiger partial charge in [0.1, 0.15) is 12.0 Å². The fourth-order valence-electron chi connectivity index (χ4n) is 1.15. The Labute approximate surface area is 88.8 Å². The molecule has 0 spiro atoms. The van der Waals surface area contributed by atoms with Gasteiger partial charge >= 0.3 is 0 Å². The summed E-state index contributed by atoms with van der Waals surface area (Å²) in [7, 11) is 0. The predicted molar refractivity (Wildman–Crippen MR) is 57.1 cm³/mol. The third-order valence-electron chi connectivity index (χ3n) is 1.99. The molecule has 0 saturated heterocycles. The van der Waals surface area contributed by atoms with Crippen LogP contribution in [-0.2, 0) is 4.79 Å². The highest BCUT2D eigenvalue weighted by atomic mass is 35.5. The molecular weight excluding hydrogens is 200 g/mol. The van der Waals surface area contributed by atoms with Gasteiger partial charge in [0.2, 0.25) is 0 Å². The number of carbonyl (C=O) groups is 1. The van der Waals surface area contributed by atoms with Crippen LogP contribution in [0.3, 0.4) is 0 Å². The minimum Gasteiger partial charge on any atom is -0.492 e. The summed E-state index contributed by atoms with van der Waals surface area (Å²) in [5, 5.41) is 0.554. The van der Waals surface area contributed by atoms with Gasteiger partial charge in [-0.1, -0.05) is 24.6 Å². The van der Waals surface area contributed by atoms with Crippen molar-refractivity contribution < 1.29 is 9.53 Å². The second kappa shape index (κ2) is 5.01. The summed E-state index contributed by atoms with van der Waals surface area (Å²) in [6, 6.07) is 5.42. The van der Waals surface area contributed by atoms with Crippen LogP contribution in [-0.4, -0.2) is 12.9 Å². The molecule has 0 bridgehead atoms. The number of halogens is 1. The number of rotatable bonds is 4. The summed E-state index contributed by atoms with van der Waals surface area (Å²) in [5.74, 6) is 0.541. The van der Waals surface area contributed by atoms with E-state index >= 15 is 0 Å². The second-order valence-corrected chi connectivity index (χ2v) is 3.45. The van der Waals surface area contributed by atoms with Crippen molar-refractivity contribution in [1.29, 1.82) is 0 Å². The van der Waals surface area contributed by atoms with E-state index in [9.17, 15) is 4.79 Å². The van der Waals surface area contributed by atoms with Crippen LogP contribution in [0.1, 0.15) is 25.3 Å². The summed E-state index contributed by atoms with van der Waals surface area (Å²) in [6.45, 7) is 4.32. The largest absolute Gasteiger partial charge is 0.492 e. The molecule has 0 saturated carbocycles. The summed E-state index contributed by atoms with van der Waals surface area (Å²) < 4.78 is 5.28. The molecule has 0 aromatic heterocycles. The Balaban J connectivity index is 2.93. The first-order chi connectivity index (χ1) is 6.69. The van der Waals surface area contributed by atoms with E-state index in [0.717, 1.165) is 11.8 Å². The zero-order valence-corrected chi connectivity index (χ0v) is 9.04. The van der Waals surface area contributed by atoms with E-state index in [0.29, 0.717) is 17.4 Å². The Morgan fingerprint density at radius 3 is 2.79 bits per heavy atom. The highest BCUT2D eigenvalue weighted by molar-refractivity contribution is 6.32. The van der Waals surface area contributed by atoms with E-state index in [1.807, 2.05) is 19.9 Å². The molecule has 0 aliphatic carbocycles. The van der Waals surface area contributed by atoms with Gasteiger partial charge in [-0.25, -0.2) is 0 Å². The maximum Gasteiger partial charge on any atom is 0.137 e. The van der Waals surface area contributed by atoms with Crippen LogP contribution in [0.25, 0.3) is 0 Å². The van der Waals surface area contributed by atoms with Crippen molar-refractivity contribution in [2.75, 3.05) is 6.61 Å². The number of ether oxygens (including phenoxy) is 1. The molecule has 0 fully saturated rings. The molecule has 0 N–H and O–H groups in total. The van der Waals surface area contributed by atoms with E-state index < -0.39 is 0 Å². The smallest absolute Gasteiger partial charge is 0.137 e. The monoisotopic (exact) mass is 212 g/mol. The Morgan fingerprint density at radius 2 is 2.29 bits per heavy atom. The lowest BCUT2D eigenvalue weighted by atomic mass is 10.0. The number of aldehydes is 1. The van der Waals surface area contributed by atoms with E-state index in [1.54, 1.807) is 12.1 Å². The average Bonchev–Trinajstić information content (AvgIpc) is 2.20. The molecule has 76 valence electrons. The highest BCUT2D eigenvalue weighted by Gasteiger charge is 2.07. The molecule has 0 amide bonds. The molecule has 1 aromatic rings. The van der Waals surface area contributed by atoms with Crippen molar-refractivity contribution in [3.05, 3.63) is 28.8 Å². The molecule has 0 radical (unpaired) electrons. The normalized spacial score (nSPS) is 12.2. The lowest BCUT2D eigenvalue weighted by molar-refractivity contribution is -0.108. The van der Waals surface area contributed by atoms with Crippen LogP contribution in [0.2, 0.25) is 5.02 Å². The fourth-order valence-corrected chi connectivity index (χ4v) is 1.39. The molecule has 1 unspecified atom stereocenters. The quantitative estimate of drug-likeness (QED) is 0.718. The van der Waals surface area contributed by atoms with Crippen molar-refractivity contribution >= 4 is 17.9 Å². The first-order valence-corrected chi connectivity index (χ1v) is 4.94. The van der Waals surface area contributed by atoms with Gasteiger partial charge < -0.3 is 9.53 Å². The average molecular weight is 213 g/mol. The number of benzene rings is 1. The van der Waals surface area contributed by atoms with E-state index in [1.165, 1.54) is 0 Å². The van der Waals surface area contributed by atoms with Gasteiger partial charge in [-0.05, 0) is 24.6 Å². The van der Waals surface area contributed by atoms with Gasteiger partial charge in [0.15, 0.2) is 0 Å². The Bertz CT molecular complexity index is 323. The summed E-state index contributed by atoms with van der Waals surface area (Å²) in [5.41, 5.74) is 0.911. The van der Waals surface area contributed by atoms with Crippen LogP contribution in [0.5, 0.6) is 5.75 Å². The zero-order chi connectivity index (χ0) is 10.6. The lowest BCUT2D eigenvalue weighted by Gasteiger charge is -2.08. The van der Waals surface area contributed by atoms with E-state index in [-0.39, 0.29) is 5.92 Å². The van der Waals surface area contributed by atoms with Gasteiger partial charge in [0, 0.05) is 5.92 Å².